The molecule has 98 valence electrons. The van der Waals surface area contributed by atoms with Crippen LogP contribution in [0.25, 0.3) is 0 Å². The van der Waals surface area contributed by atoms with Gasteiger partial charge in [0.2, 0.25) is 0 Å². The molecule has 6 nitrogen and oxygen atoms in total. The molecule has 0 radical (unpaired) electrons. The van der Waals surface area contributed by atoms with Gasteiger partial charge in [-0.2, -0.15) is 0 Å². The summed E-state index contributed by atoms with van der Waals surface area (Å²) in [5.74, 6) is -1.30. The second-order valence-corrected chi connectivity index (χ2v) is 3.28. The number of carboxylic acid groups (broad SMARTS) is 1. The number of nitrogens with zero attached hydrogens (tertiary/aromatic N) is 2. The summed E-state index contributed by atoms with van der Waals surface area (Å²) in [7, 11) is 1.34. The SMILES string of the molecule is COC(=O)c1cccnc1.O=C(O)c1cccnc1. The van der Waals surface area contributed by atoms with Crippen molar-refractivity contribution >= 4 is 11.9 Å². The van der Waals surface area contributed by atoms with E-state index in [2.05, 4.69) is 14.7 Å². The van der Waals surface area contributed by atoms with Gasteiger partial charge in [0.25, 0.3) is 0 Å². The Morgan fingerprint density at radius 2 is 1.58 bits per heavy atom. The van der Waals surface area contributed by atoms with E-state index in [9.17, 15) is 9.59 Å². The van der Waals surface area contributed by atoms with Gasteiger partial charge < -0.3 is 9.84 Å². The van der Waals surface area contributed by atoms with E-state index in [4.69, 9.17) is 5.11 Å². The van der Waals surface area contributed by atoms with E-state index >= 15 is 0 Å². The number of ether oxygens (including phenoxy) is 1. The van der Waals surface area contributed by atoms with Crippen LogP contribution in [-0.4, -0.2) is 34.1 Å². The van der Waals surface area contributed by atoms with E-state index in [1.54, 1.807) is 24.4 Å². The van der Waals surface area contributed by atoms with Crippen molar-refractivity contribution in [3.8, 4) is 0 Å². The standard InChI is InChI=1S/C7H7NO2.C6H5NO2/c1-10-7(9)6-3-2-4-8-5-6;8-6(9)5-2-1-3-7-4-5/h2-5H,1H3;1-4H,(H,8,9). The third kappa shape index (κ3) is 4.95. The summed E-state index contributed by atoms with van der Waals surface area (Å²) in [6, 6.07) is 6.42. The number of aromatic carboxylic acids is 1. The van der Waals surface area contributed by atoms with Crippen molar-refractivity contribution in [3.63, 3.8) is 0 Å². The number of carbonyl (C=O) groups excluding carboxylic acids is 1. The summed E-state index contributed by atoms with van der Waals surface area (Å²) in [5.41, 5.74) is 0.697. The van der Waals surface area contributed by atoms with Crippen LogP contribution in [0, 0.1) is 0 Å². The highest BCUT2D eigenvalue weighted by Gasteiger charge is 2.01. The molecule has 0 bridgehead atoms. The molecule has 0 aromatic carbocycles. The van der Waals surface area contributed by atoms with E-state index in [1.807, 2.05) is 0 Å². The lowest BCUT2D eigenvalue weighted by molar-refractivity contribution is 0.0599. The summed E-state index contributed by atoms with van der Waals surface area (Å²) in [6.45, 7) is 0. The van der Waals surface area contributed by atoms with Gasteiger partial charge in [-0.3, -0.25) is 9.97 Å². The molecule has 2 rings (SSSR count). The second kappa shape index (κ2) is 7.54. The third-order valence-electron chi connectivity index (χ3n) is 1.99. The van der Waals surface area contributed by atoms with E-state index in [0.29, 0.717) is 5.56 Å². The van der Waals surface area contributed by atoms with Gasteiger partial charge in [-0.25, -0.2) is 9.59 Å². The third-order valence-corrected chi connectivity index (χ3v) is 1.99. The number of aromatic nitrogens is 2. The zero-order valence-electron chi connectivity index (χ0n) is 10.2. The number of esters is 1. The molecule has 0 spiro atoms. The molecule has 1 N–H and O–H groups in total. The highest BCUT2D eigenvalue weighted by atomic mass is 16.5. The van der Waals surface area contributed by atoms with Crippen molar-refractivity contribution in [2.24, 2.45) is 0 Å². The molecule has 2 heterocycles. The van der Waals surface area contributed by atoms with Crippen LogP contribution in [0.5, 0.6) is 0 Å². The maximum atomic E-state index is 10.8. The molecule has 0 saturated carbocycles. The Kier molecular flexibility index (Phi) is 5.68. The smallest absolute Gasteiger partial charge is 0.339 e. The predicted molar refractivity (Wildman–Crippen MR) is 66.8 cm³/mol. The number of pyridine rings is 2. The fraction of sp³-hybridized carbons (Fsp3) is 0.0769. The minimum absolute atomic E-state index is 0.220. The van der Waals surface area contributed by atoms with E-state index in [-0.39, 0.29) is 11.5 Å². The molecule has 0 atom stereocenters. The van der Waals surface area contributed by atoms with Gasteiger partial charge in [-0.1, -0.05) is 0 Å². The molecule has 0 aliphatic carbocycles. The Morgan fingerprint density at radius 3 is 1.89 bits per heavy atom. The van der Waals surface area contributed by atoms with Crippen molar-refractivity contribution in [2.45, 2.75) is 0 Å². The summed E-state index contributed by atoms with van der Waals surface area (Å²) >= 11 is 0. The normalized spacial score (nSPS) is 8.89. The van der Waals surface area contributed by atoms with Crippen molar-refractivity contribution < 1.29 is 19.4 Å². The highest BCUT2D eigenvalue weighted by molar-refractivity contribution is 5.88. The Balaban J connectivity index is 0.000000191. The van der Waals surface area contributed by atoms with Crippen LogP contribution in [-0.2, 0) is 4.74 Å². The summed E-state index contributed by atoms with van der Waals surface area (Å²) in [4.78, 5) is 28.3. The molecule has 0 saturated heterocycles. The Bertz CT molecular complexity index is 529. The summed E-state index contributed by atoms with van der Waals surface area (Å²) in [6.07, 6.45) is 5.91. The van der Waals surface area contributed by atoms with Crippen LogP contribution in [0.1, 0.15) is 20.7 Å². The molecule has 2 aromatic heterocycles. The summed E-state index contributed by atoms with van der Waals surface area (Å²) < 4.78 is 4.46. The van der Waals surface area contributed by atoms with Gasteiger partial charge in [0, 0.05) is 24.8 Å². The van der Waals surface area contributed by atoms with Crippen molar-refractivity contribution in [1.29, 1.82) is 0 Å². The van der Waals surface area contributed by atoms with Crippen molar-refractivity contribution in [2.75, 3.05) is 7.11 Å². The van der Waals surface area contributed by atoms with Gasteiger partial charge in [0.1, 0.15) is 0 Å². The van der Waals surface area contributed by atoms with Gasteiger partial charge in [0.05, 0.1) is 18.2 Å². The van der Waals surface area contributed by atoms with Crippen LogP contribution < -0.4 is 0 Å². The Hall–Kier alpha value is -2.76. The number of hydrogen-bond donors (Lipinski definition) is 1. The van der Waals surface area contributed by atoms with Gasteiger partial charge in [0.15, 0.2) is 0 Å². The lowest BCUT2D eigenvalue weighted by Gasteiger charge is -1.94. The van der Waals surface area contributed by atoms with E-state index in [0.717, 1.165) is 0 Å². The average molecular weight is 260 g/mol. The molecular formula is C13H12N2O4. The number of carboxylic acids is 1. The first kappa shape index (κ1) is 14.3. The van der Waals surface area contributed by atoms with Crippen molar-refractivity contribution in [3.05, 3.63) is 60.2 Å². The molecular weight excluding hydrogens is 248 g/mol. The first-order valence-electron chi connectivity index (χ1n) is 5.27. The van der Waals surface area contributed by atoms with E-state index in [1.165, 1.54) is 31.8 Å². The second-order valence-electron chi connectivity index (χ2n) is 3.28. The molecule has 0 aliphatic heterocycles. The molecule has 19 heavy (non-hydrogen) atoms. The van der Waals surface area contributed by atoms with Gasteiger partial charge >= 0.3 is 11.9 Å². The molecule has 0 aliphatic rings. The lowest BCUT2D eigenvalue weighted by Crippen LogP contribution is -2.00. The van der Waals surface area contributed by atoms with Crippen LogP contribution in [0.3, 0.4) is 0 Å². The topological polar surface area (TPSA) is 89.4 Å². The molecule has 0 unspecified atom stereocenters. The predicted octanol–water partition coefficient (Wildman–Crippen LogP) is 1.65. The Labute approximate surface area is 109 Å². The molecule has 0 amide bonds. The number of methoxy groups -OCH3 is 1. The molecule has 2 aromatic rings. The first-order valence-corrected chi connectivity index (χ1v) is 5.27. The molecule has 6 heteroatoms. The lowest BCUT2D eigenvalue weighted by atomic mass is 10.3. The van der Waals surface area contributed by atoms with Crippen LogP contribution >= 0.6 is 0 Å². The van der Waals surface area contributed by atoms with Crippen LogP contribution in [0.15, 0.2) is 49.1 Å². The minimum atomic E-state index is -0.942. The summed E-state index contributed by atoms with van der Waals surface area (Å²) in [5, 5.41) is 8.34. The largest absolute Gasteiger partial charge is 0.478 e. The molecule has 0 fully saturated rings. The van der Waals surface area contributed by atoms with Crippen molar-refractivity contribution in [1.82, 2.24) is 9.97 Å². The quantitative estimate of drug-likeness (QED) is 0.826. The minimum Gasteiger partial charge on any atom is -0.478 e. The zero-order valence-corrected chi connectivity index (χ0v) is 10.2. The fourth-order valence-electron chi connectivity index (χ4n) is 1.09. The van der Waals surface area contributed by atoms with Gasteiger partial charge in [-0.15, -0.1) is 0 Å². The maximum Gasteiger partial charge on any atom is 0.339 e. The average Bonchev–Trinajstić information content (AvgIpc) is 2.49. The Morgan fingerprint density at radius 1 is 1.05 bits per heavy atom. The highest BCUT2D eigenvalue weighted by Crippen LogP contribution is 1.96. The number of rotatable bonds is 2. The zero-order chi connectivity index (χ0) is 14.1. The maximum absolute atomic E-state index is 10.8. The van der Waals surface area contributed by atoms with E-state index < -0.39 is 5.97 Å². The monoisotopic (exact) mass is 260 g/mol. The fourth-order valence-corrected chi connectivity index (χ4v) is 1.09. The number of hydrogen-bond acceptors (Lipinski definition) is 5. The van der Waals surface area contributed by atoms with Crippen LogP contribution in [0.2, 0.25) is 0 Å². The number of carbonyl (C=O) groups is 2. The van der Waals surface area contributed by atoms with Crippen LogP contribution in [0.4, 0.5) is 0 Å². The first-order chi connectivity index (χ1) is 9.15. The van der Waals surface area contributed by atoms with Gasteiger partial charge in [-0.05, 0) is 24.3 Å².